The molecule has 2 rings (SSSR count). The van der Waals surface area contributed by atoms with Crippen LogP contribution >= 0.6 is 0 Å². The van der Waals surface area contributed by atoms with Crippen molar-refractivity contribution in [3.8, 4) is 0 Å². The molecule has 1 atom stereocenters. The average Bonchev–Trinajstić information content (AvgIpc) is 2.63. The minimum atomic E-state index is -0.819. The van der Waals surface area contributed by atoms with Gasteiger partial charge in [-0.05, 0) is 18.6 Å². The maximum atomic E-state index is 11.0. The second kappa shape index (κ2) is 3.73. The summed E-state index contributed by atoms with van der Waals surface area (Å²) in [5.74, 6) is -0.819. The highest BCUT2D eigenvalue weighted by molar-refractivity contribution is 5.79. The lowest BCUT2D eigenvalue weighted by atomic mass is 10.2. The number of aliphatic carboxylic acids is 1. The zero-order chi connectivity index (χ0) is 10.8. The number of aromatic nitrogens is 2. The van der Waals surface area contributed by atoms with Gasteiger partial charge in [0.1, 0.15) is 6.04 Å². The Morgan fingerprint density at radius 3 is 2.93 bits per heavy atom. The Morgan fingerprint density at radius 1 is 1.53 bits per heavy atom. The summed E-state index contributed by atoms with van der Waals surface area (Å²) in [6, 6.07) is 7.00. The summed E-state index contributed by atoms with van der Waals surface area (Å²) in [7, 11) is 0. The fourth-order valence-corrected chi connectivity index (χ4v) is 1.72. The van der Waals surface area contributed by atoms with Gasteiger partial charge in [0.05, 0.1) is 17.4 Å². The first-order valence-corrected chi connectivity index (χ1v) is 4.88. The van der Waals surface area contributed by atoms with Crippen molar-refractivity contribution < 1.29 is 9.90 Å². The summed E-state index contributed by atoms with van der Waals surface area (Å²) in [4.78, 5) is 15.2. The third kappa shape index (κ3) is 1.58. The van der Waals surface area contributed by atoms with Gasteiger partial charge in [0, 0.05) is 0 Å². The van der Waals surface area contributed by atoms with E-state index in [0.717, 1.165) is 11.0 Å². The van der Waals surface area contributed by atoms with Crippen molar-refractivity contribution in [3.05, 3.63) is 30.6 Å². The summed E-state index contributed by atoms with van der Waals surface area (Å²) in [6.07, 6.45) is 2.14. The Hall–Kier alpha value is -1.84. The lowest BCUT2D eigenvalue weighted by Gasteiger charge is -2.12. The van der Waals surface area contributed by atoms with E-state index in [0.29, 0.717) is 6.42 Å². The number of imidazole rings is 1. The number of nitrogens with zero attached hydrogens (tertiary/aromatic N) is 2. The molecule has 0 aliphatic rings. The van der Waals surface area contributed by atoms with Crippen LogP contribution in [0.1, 0.15) is 19.4 Å². The predicted octanol–water partition coefficient (Wildman–Crippen LogP) is 2.07. The number of rotatable bonds is 3. The quantitative estimate of drug-likeness (QED) is 0.832. The molecule has 1 aromatic carbocycles. The van der Waals surface area contributed by atoms with Gasteiger partial charge in [-0.15, -0.1) is 0 Å². The van der Waals surface area contributed by atoms with Gasteiger partial charge < -0.3 is 9.67 Å². The second-order valence-electron chi connectivity index (χ2n) is 3.40. The largest absolute Gasteiger partial charge is 0.480 e. The van der Waals surface area contributed by atoms with E-state index in [1.54, 1.807) is 10.9 Å². The molecule has 0 radical (unpaired) electrons. The lowest BCUT2D eigenvalue weighted by Crippen LogP contribution is -2.17. The second-order valence-corrected chi connectivity index (χ2v) is 3.40. The number of para-hydroxylation sites is 2. The first-order valence-electron chi connectivity index (χ1n) is 4.88. The van der Waals surface area contributed by atoms with Crippen molar-refractivity contribution in [1.29, 1.82) is 0 Å². The molecule has 0 bridgehead atoms. The predicted molar refractivity (Wildman–Crippen MR) is 56.7 cm³/mol. The van der Waals surface area contributed by atoms with Gasteiger partial charge in [0.25, 0.3) is 0 Å². The van der Waals surface area contributed by atoms with Crippen molar-refractivity contribution >= 4 is 17.0 Å². The van der Waals surface area contributed by atoms with Gasteiger partial charge in [-0.2, -0.15) is 0 Å². The average molecular weight is 204 g/mol. The number of carboxylic acids is 1. The summed E-state index contributed by atoms with van der Waals surface area (Å²) in [6.45, 7) is 1.85. The highest BCUT2D eigenvalue weighted by Gasteiger charge is 2.18. The van der Waals surface area contributed by atoms with E-state index in [-0.39, 0.29) is 0 Å². The Labute approximate surface area is 87.2 Å². The molecule has 2 aromatic rings. The van der Waals surface area contributed by atoms with Crippen LogP contribution in [0.25, 0.3) is 11.0 Å². The molecule has 1 aromatic heterocycles. The van der Waals surface area contributed by atoms with Crippen LogP contribution in [0.15, 0.2) is 30.6 Å². The van der Waals surface area contributed by atoms with Crippen LogP contribution < -0.4 is 0 Å². The number of hydrogen-bond donors (Lipinski definition) is 1. The fourth-order valence-electron chi connectivity index (χ4n) is 1.72. The molecule has 4 heteroatoms. The topological polar surface area (TPSA) is 55.1 Å². The van der Waals surface area contributed by atoms with Crippen LogP contribution in [0.2, 0.25) is 0 Å². The molecule has 0 fully saturated rings. The van der Waals surface area contributed by atoms with Gasteiger partial charge in [-0.25, -0.2) is 9.78 Å². The van der Waals surface area contributed by atoms with E-state index in [1.165, 1.54) is 0 Å². The number of carboxylic acid groups (broad SMARTS) is 1. The van der Waals surface area contributed by atoms with E-state index >= 15 is 0 Å². The molecule has 78 valence electrons. The van der Waals surface area contributed by atoms with Crippen LogP contribution in [0.3, 0.4) is 0 Å². The van der Waals surface area contributed by atoms with Crippen molar-refractivity contribution in [2.45, 2.75) is 19.4 Å². The Kier molecular flexibility index (Phi) is 2.41. The molecule has 1 unspecified atom stereocenters. The van der Waals surface area contributed by atoms with E-state index in [2.05, 4.69) is 4.98 Å². The maximum absolute atomic E-state index is 11.0. The molecule has 0 saturated carbocycles. The maximum Gasteiger partial charge on any atom is 0.326 e. The summed E-state index contributed by atoms with van der Waals surface area (Å²) < 4.78 is 1.71. The van der Waals surface area contributed by atoms with Crippen LogP contribution in [-0.4, -0.2) is 20.6 Å². The monoisotopic (exact) mass is 204 g/mol. The molecule has 0 amide bonds. The van der Waals surface area contributed by atoms with Crippen molar-refractivity contribution in [2.24, 2.45) is 0 Å². The molecule has 0 saturated heterocycles. The summed E-state index contributed by atoms with van der Waals surface area (Å²) in [5.41, 5.74) is 1.70. The molecule has 15 heavy (non-hydrogen) atoms. The molecular formula is C11H12N2O2. The zero-order valence-electron chi connectivity index (χ0n) is 8.42. The molecule has 1 heterocycles. The molecule has 4 nitrogen and oxygen atoms in total. The first-order chi connectivity index (χ1) is 7.24. The van der Waals surface area contributed by atoms with Crippen LogP contribution in [0.4, 0.5) is 0 Å². The third-order valence-corrected chi connectivity index (χ3v) is 2.49. The van der Waals surface area contributed by atoms with Gasteiger partial charge in [-0.1, -0.05) is 19.1 Å². The molecule has 0 spiro atoms. The Balaban J connectivity index is 2.55. The van der Waals surface area contributed by atoms with Gasteiger partial charge in [-0.3, -0.25) is 0 Å². The van der Waals surface area contributed by atoms with Crippen molar-refractivity contribution in [2.75, 3.05) is 0 Å². The first kappa shape index (κ1) is 9.71. The number of carbonyl (C=O) groups is 1. The number of fused-ring (bicyclic) bond motifs is 1. The van der Waals surface area contributed by atoms with Crippen LogP contribution in [-0.2, 0) is 4.79 Å². The molecule has 0 aliphatic carbocycles. The van der Waals surface area contributed by atoms with E-state index in [9.17, 15) is 4.79 Å². The fraction of sp³-hybridized carbons (Fsp3) is 0.273. The normalized spacial score (nSPS) is 12.9. The van der Waals surface area contributed by atoms with Crippen molar-refractivity contribution in [3.63, 3.8) is 0 Å². The molecular weight excluding hydrogens is 192 g/mol. The standard InChI is InChI=1S/C11H12N2O2/c1-2-9(11(14)15)13-7-12-8-5-3-4-6-10(8)13/h3-7,9H,2H2,1H3,(H,14,15). The smallest absolute Gasteiger partial charge is 0.326 e. The van der Waals surface area contributed by atoms with Crippen LogP contribution in [0, 0.1) is 0 Å². The van der Waals surface area contributed by atoms with E-state index < -0.39 is 12.0 Å². The minimum Gasteiger partial charge on any atom is -0.480 e. The highest BCUT2D eigenvalue weighted by atomic mass is 16.4. The Morgan fingerprint density at radius 2 is 2.27 bits per heavy atom. The SMILES string of the molecule is CCC(C(=O)O)n1cnc2ccccc21. The van der Waals surface area contributed by atoms with Gasteiger partial charge in [0.15, 0.2) is 0 Å². The summed E-state index contributed by atoms with van der Waals surface area (Å²) in [5, 5.41) is 9.06. The van der Waals surface area contributed by atoms with Crippen molar-refractivity contribution in [1.82, 2.24) is 9.55 Å². The van der Waals surface area contributed by atoms with Gasteiger partial charge >= 0.3 is 5.97 Å². The Bertz CT molecular complexity index is 490. The van der Waals surface area contributed by atoms with E-state index in [4.69, 9.17) is 5.11 Å². The van der Waals surface area contributed by atoms with Crippen LogP contribution in [0.5, 0.6) is 0 Å². The highest BCUT2D eigenvalue weighted by Crippen LogP contribution is 2.19. The number of benzene rings is 1. The molecule has 1 N–H and O–H groups in total. The minimum absolute atomic E-state index is 0.530. The summed E-state index contributed by atoms with van der Waals surface area (Å²) >= 11 is 0. The molecule has 0 aliphatic heterocycles. The third-order valence-electron chi connectivity index (χ3n) is 2.49. The number of hydrogen-bond acceptors (Lipinski definition) is 2. The van der Waals surface area contributed by atoms with Gasteiger partial charge in [0.2, 0.25) is 0 Å². The zero-order valence-corrected chi connectivity index (χ0v) is 8.42. The lowest BCUT2D eigenvalue weighted by molar-refractivity contribution is -0.140. The van der Waals surface area contributed by atoms with E-state index in [1.807, 2.05) is 31.2 Å².